The largest absolute Gasteiger partial charge is 0.489 e. The molecule has 1 N–H and O–H groups in total. The van der Waals surface area contributed by atoms with E-state index in [1.807, 2.05) is 23.3 Å². The van der Waals surface area contributed by atoms with Gasteiger partial charge < -0.3 is 4.74 Å². The lowest BCUT2D eigenvalue weighted by Gasteiger charge is -2.19. The number of hydrogen-bond donors (Lipinski definition) is 1. The topological polar surface area (TPSA) is 63.0 Å². The predicted octanol–water partition coefficient (Wildman–Crippen LogP) is 2.06. The smallest absolute Gasteiger partial charge is 0.241 e. The van der Waals surface area contributed by atoms with Gasteiger partial charge in [0.1, 0.15) is 12.4 Å². The van der Waals surface area contributed by atoms with Crippen LogP contribution < -0.4 is 4.57 Å². The fourth-order valence-corrected chi connectivity index (χ4v) is 2.53. The van der Waals surface area contributed by atoms with Crippen molar-refractivity contribution in [1.82, 2.24) is 4.98 Å². The van der Waals surface area contributed by atoms with Crippen molar-refractivity contribution in [2.75, 3.05) is 6.61 Å². The second kappa shape index (κ2) is 5.97. The maximum atomic E-state index is 12.5. The number of fused-ring (bicyclic) bond motifs is 1. The molecule has 0 atom stereocenters. The molecule has 5 nitrogen and oxygen atoms in total. The fraction of sp³-hybridized carbons (Fsp3) is 0.235. The van der Waals surface area contributed by atoms with Crippen molar-refractivity contribution < 1.29 is 18.9 Å². The van der Waals surface area contributed by atoms with Crippen LogP contribution in [0.4, 0.5) is 0 Å². The number of nitrogens with one attached hydrogen (secondary N) is 1. The van der Waals surface area contributed by atoms with E-state index in [0.717, 1.165) is 13.0 Å². The molecule has 0 spiro atoms. The second-order valence-corrected chi connectivity index (χ2v) is 5.21. The average Bonchev–Trinajstić information content (AvgIpc) is 3.05. The van der Waals surface area contributed by atoms with Crippen molar-refractivity contribution in [2.45, 2.75) is 19.9 Å². The Morgan fingerprint density at radius 3 is 2.55 bits per heavy atom. The van der Waals surface area contributed by atoms with E-state index in [1.54, 1.807) is 31.2 Å². The number of H-pyrrole nitrogens is 1. The third-order valence-corrected chi connectivity index (χ3v) is 3.71. The highest BCUT2D eigenvalue weighted by atomic mass is 16.5. The highest BCUT2D eigenvalue weighted by Gasteiger charge is 2.30. The van der Waals surface area contributed by atoms with E-state index in [0.29, 0.717) is 23.3 Å². The minimum absolute atomic E-state index is 0.134. The van der Waals surface area contributed by atoms with Crippen molar-refractivity contribution in [3.05, 3.63) is 65.4 Å². The monoisotopic (exact) mass is 297 g/mol. The minimum Gasteiger partial charge on any atom is -0.489 e. The third kappa shape index (κ3) is 2.57. The van der Waals surface area contributed by atoms with Gasteiger partial charge in [0.15, 0.2) is 11.5 Å². The summed E-state index contributed by atoms with van der Waals surface area (Å²) in [5, 5.41) is 0. The first kappa shape index (κ1) is 14.3. The van der Waals surface area contributed by atoms with E-state index >= 15 is 0 Å². The number of benzene rings is 1. The number of carbonyl (C=O) groups is 2. The first-order valence-corrected chi connectivity index (χ1v) is 7.22. The fourth-order valence-electron chi connectivity index (χ4n) is 2.53. The Hall–Kier alpha value is -2.69. The molecule has 0 saturated heterocycles. The maximum Gasteiger partial charge on any atom is 0.241 e. The first-order chi connectivity index (χ1) is 10.7. The molecule has 112 valence electrons. The summed E-state index contributed by atoms with van der Waals surface area (Å²) < 4.78 is 7.61. The summed E-state index contributed by atoms with van der Waals surface area (Å²) in [7, 11) is 0. The average molecular weight is 297 g/mol. The Balaban J connectivity index is 1.69. The van der Waals surface area contributed by atoms with Gasteiger partial charge in [-0.25, -0.2) is 4.57 Å². The van der Waals surface area contributed by atoms with E-state index in [-0.39, 0.29) is 17.3 Å². The Bertz CT molecular complexity index is 745. The number of rotatable bonds is 5. The quantitative estimate of drug-likeness (QED) is 0.679. The van der Waals surface area contributed by atoms with Crippen LogP contribution >= 0.6 is 0 Å². The standard InChI is InChI=1S/C17H16N2O3/c1-12-15(20)13-5-2-3-6-14(13)16(21)17(12)22-10-4-8-19-9-7-18-11-19/h2-3,5-7,9,11H,4,8,10H2,1H3/p+1. The van der Waals surface area contributed by atoms with Crippen LogP contribution in [0.15, 0.2) is 54.3 Å². The molecule has 0 bridgehead atoms. The van der Waals surface area contributed by atoms with Gasteiger partial charge in [-0.15, -0.1) is 0 Å². The normalized spacial score (nSPS) is 14.2. The number of carbonyl (C=O) groups excluding carboxylic acids is 2. The van der Waals surface area contributed by atoms with E-state index < -0.39 is 0 Å². The van der Waals surface area contributed by atoms with Crippen LogP contribution in [0.2, 0.25) is 0 Å². The molecular formula is C17H17N2O3+. The molecule has 5 heteroatoms. The van der Waals surface area contributed by atoms with Crippen LogP contribution in [0.1, 0.15) is 34.1 Å². The van der Waals surface area contributed by atoms with Gasteiger partial charge in [0.2, 0.25) is 12.1 Å². The summed E-state index contributed by atoms with van der Waals surface area (Å²) in [5.41, 5.74) is 1.27. The van der Waals surface area contributed by atoms with Crippen LogP contribution in [-0.2, 0) is 11.3 Å². The van der Waals surface area contributed by atoms with E-state index in [9.17, 15) is 9.59 Å². The molecule has 0 fully saturated rings. The molecule has 0 unspecified atom stereocenters. The molecule has 1 aromatic heterocycles. The van der Waals surface area contributed by atoms with Gasteiger partial charge >= 0.3 is 0 Å². The summed E-state index contributed by atoms with van der Waals surface area (Å²) in [6, 6.07) is 6.86. The summed E-state index contributed by atoms with van der Waals surface area (Å²) in [6.45, 7) is 2.83. The number of ether oxygens (including phenoxy) is 1. The molecule has 0 radical (unpaired) electrons. The number of aromatic nitrogens is 2. The molecule has 3 rings (SSSR count). The number of hydrogen-bond acceptors (Lipinski definition) is 3. The van der Waals surface area contributed by atoms with Gasteiger partial charge in [0.25, 0.3) is 0 Å². The number of imidazole rings is 1. The zero-order valence-corrected chi connectivity index (χ0v) is 12.3. The highest BCUT2D eigenvalue weighted by molar-refractivity contribution is 6.25. The number of Topliss-reactive ketones (excluding diaryl/α,β-unsaturated/α-hetero) is 2. The first-order valence-electron chi connectivity index (χ1n) is 7.22. The van der Waals surface area contributed by atoms with Crippen LogP contribution in [0.3, 0.4) is 0 Å². The number of aromatic amines is 1. The van der Waals surface area contributed by atoms with E-state index in [2.05, 4.69) is 4.98 Å². The predicted molar refractivity (Wildman–Crippen MR) is 79.4 cm³/mol. The van der Waals surface area contributed by atoms with E-state index in [4.69, 9.17) is 4.74 Å². The van der Waals surface area contributed by atoms with Crippen LogP contribution in [-0.4, -0.2) is 23.2 Å². The van der Waals surface area contributed by atoms with Gasteiger partial charge in [-0.05, 0) is 6.92 Å². The molecular weight excluding hydrogens is 280 g/mol. The van der Waals surface area contributed by atoms with Crippen molar-refractivity contribution in [3.8, 4) is 0 Å². The number of aryl methyl sites for hydroxylation is 1. The lowest BCUT2D eigenvalue weighted by Crippen LogP contribution is -2.31. The molecule has 1 aliphatic rings. The summed E-state index contributed by atoms with van der Waals surface area (Å²) >= 11 is 0. The van der Waals surface area contributed by atoms with Crippen molar-refractivity contribution in [1.29, 1.82) is 0 Å². The van der Waals surface area contributed by atoms with Gasteiger partial charge in [-0.1, -0.05) is 24.3 Å². The zero-order valence-electron chi connectivity index (χ0n) is 12.3. The molecule has 0 amide bonds. The zero-order chi connectivity index (χ0) is 15.5. The number of ketones is 2. The van der Waals surface area contributed by atoms with Crippen LogP contribution in [0.25, 0.3) is 0 Å². The van der Waals surface area contributed by atoms with Crippen molar-refractivity contribution in [3.63, 3.8) is 0 Å². The summed E-state index contributed by atoms with van der Waals surface area (Å²) in [5.74, 6) is -0.157. The lowest BCUT2D eigenvalue weighted by molar-refractivity contribution is -0.696. The van der Waals surface area contributed by atoms with Gasteiger partial charge in [0, 0.05) is 23.1 Å². The number of allylic oxidation sites excluding steroid dienone is 2. The minimum atomic E-state index is -0.206. The maximum absolute atomic E-state index is 12.5. The highest BCUT2D eigenvalue weighted by Crippen LogP contribution is 2.26. The van der Waals surface area contributed by atoms with Gasteiger partial charge in [0.05, 0.1) is 13.2 Å². The Kier molecular flexibility index (Phi) is 3.87. The Labute approximate surface area is 128 Å². The number of nitrogens with zero attached hydrogens (tertiary/aromatic N) is 1. The van der Waals surface area contributed by atoms with Crippen molar-refractivity contribution >= 4 is 11.6 Å². The molecule has 1 aliphatic carbocycles. The second-order valence-electron chi connectivity index (χ2n) is 5.21. The van der Waals surface area contributed by atoms with Gasteiger partial charge in [-0.2, -0.15) is 0 Å². The molecule has 1 aromatic carbocycles. The lowest BCUT2D eigenvalue weighted by atomic mass is 9.89. The van der Waals surface area contributed by atoms with E-state index in [1.165, 1.54) is 0 Å². The molecule has 0 saturated carbocycles. The van der Waals surface area contributed by atoms with Crippen LogP contribution in [0.5, 0.6) is 0 Å². The molecule has 22 heavy (non-hydrogen) atoms. The Morgan fingerprint density at radius 1 is 1.14 bits per heavy atom. The molecule has 2 aromatic rings. The third-order valence-electron chi connectivity index (χ3n) is 3.71. The van der Waals surface area contributed by atoms with Crippen LogP contribution in [0, 0.1) is 0 Å². The van der Waals surface area contributed by atoms with Gasteiger partial charge in [-0.3, -0.25) is 14.6 Å². The SMILES string of the molecule is CC1=C(OCCC[n+]2cc[nH]c2)C(=O)c2ccccc2C1=O. The van der Waals surface area contributed by atoms with Crippen molar-refractivity contribution in [2.24, 2.45) is 0 Å². The summed E-state index contributed by atoms with van der Waals surface area (Å²) in [6.07, 6.45) is 6.38. The molecule has 1 heterocycles. The molecule has 0 aliphatic heterocycles. The Morgan fingerprint density at radius 2 is 1.86 bits per heavy atom. The summed E-state index contributed by atoms with van der Waals surface area (Å²) in [4.78, 5) is 27.7.